The highest BCUT2D eigenvalue weighted by atomic mass is 79.9. The van der Waals surface area contributed by atoms with Crippen molar-refractivity contribution >= 4 is 21.8 Å². The van der Waals surface area contributed by atoms with Crippen LogP contribution in [0.2, 0.25) is 0 Å². The lowest BCUT2D eigenvalue weighted by molar-refractivity contribution is -0.128. The molecule has 0 atom stereocenters. The standard InChI is InChI=1S/C16H17BrN2O2/c17-13-7-11-3-6-21-14(11)12(8-13)9-19-15(20)16(10-18)4-1-2-5-16/h7-8H,1-6,9H2,(H,19,20). The summed E-state index contributed by atoms with van der Waals surface area (Å²) in [6, 6.07) is 6.25. The quantitative estimate of drug-likeness (QED) is 0.912. The van der Waals surface area contributed by atoms with E-state index in [0.717, 1.165) is 35.0 Å². The molecule has 0 spiro atoms. The summed E-state index contributed by atoms with van der Waals surface area (Å²) in [7, 11) is 0. The second kappa shape index (κ2) is 5.69. The van der Waals surface area contributed by atoms with Crippen LogP contribution < -0.4 is 10.1 Å². The van der Waals surface area contributed by atoms with Crippen molar-refractivity contribution in [3.05, 3.63) is 27.7 Å². The van der Waals surface area contributed by atoms with E-state index in [4.69, 9.17) is 4.74 Å². The molecule has 0 bridgehead atoms. The van der Waals surface area contributed by atoms with E-state index in [1.807, 2.05) is 6.07 Å². The van der Waals surface area contributed by atoms with Crippen molar-refractivity contribution in [1.82, 2.24) is 5.32 Å². The van der Waals surface area contributed by atoms with Gasteiger partial charge in [-0.15, -0.1) is 0 Å². The molecule has 0 radical (unpaired) electrons. The maximum Gasteiger partial charge on any atom is 0.240 e. The number of hydrogen-bond acceptors (Lipinski definition) is 3. The van der Waals surface area contributed by atoms with Crippen LogP contribution in [0.25, 0.3) is 0 Å². The molecule has 0 aromatic heterocycles. The van der Waals surface area contributed by atoms with Crippen molar-refractivity contribution in [1.29, 1.82) is 5.26 Å². The Balaban J connectivity index is 1.74. The van der Waals surface area contributed by atoms with Crippen LogP contribution in [0.15, 0.2) is 16.6 Å². The van der Waals surface area contributed by atoms with E-state index >= 15 is 0 Å². The van der Waals surface area contributed by atoms with Crippen molar-refractivity contribution < 1.29 is 9.53 Å². The van der Waals surface area contributed by atoms with Gasteiger partial charge in [0, 0.05) is 23.0 Å². The van der Waals surface area contributed by atoms with Crippen molar-refractivity contribution in [3.63, 3.8) is 0 Å². The monoisotopic (exact) mass is 348 g/mol. The zero-order valence-electron chi connectivity index (χ0n) is 11.7. The van der Waals surface area contributed by atoms with Gasteiger partial charge in [-0.2, -0.15) is 5.26 Å². The maximum atomic E-state index is 12.4. The minimum atomic E-state index is -0.823. The second-order valence-corrected chi connectivity index (χ2v) is 6.65. The van der Waals surface area contributed by atoms with Crippen LogP contribution in [-0.2, 0) is 17.8 Å². The molecule has 3 rings (SSSR count). The summed E-state index contributed by atoms with van der Waals surface area (Å²) in [5, 5.41) is 12.3. The van der Waals surface area contributed by atoms with Gasteiger partial charge in [-0.3, -0.25) is 4.79 Å². The van der Waals surface area contributed by atoms with Gasteiger partial charge in [0.25, 0.3) is 0 Å². The smallest absolute Gasteiger partial charge is 0.240 e. The van der Waals surface area contributed by atoms with Gasteiger partial charge in [-0.1, -0.05) is 28.8 Å². The summed E-state index contributed by atoms with van der Waals surface area (Å²) in [6.45, 7) is 1.10. The van der Waals surface area contributed by atoms with Crippen LogP contribution in [0.1, 0.15) is 36.8 Å². The van der Waals surface area contributed by atoms with Gasteiger partial charge < -0.3 is 10.1 Å². The minimum Gasteiger partial charge on any atom is -0.493 e. The molecule has 1 N–H and O–H groups in total. The molecule has 1 saturated carbocycles. The SMILES string of the molecule is N#CC1(C(=O)NCc2cc(Br)cc3c2OCC3)CCCC1. The van der Waals surface area contributed by atoms with E-state index in [9.17, 15) is 10.1 Å². The highest BCUT2D eigenvalue weighted by molar-refractivity contribution is 9.10. The Hall–Kier alpha value is -1.54. The first-order chi connectivity index (χ1) is 10.1. The fourth-order valence-corrected chi connectivity index (χ4v) is 3.74. The number of amides is 1. The minimum absolute atomic E-state index is 0.144. The molecule has 1 aliphatic carbocycles. The Kier molecular flexibility index (Phi) is 3.90. The predicted octanol–water partition coefficient (Wildman–Crippen LogP) is 3.08. The first-order valence-corrected chi connectivity index (χ1v) is 8.07. The van der Waals surface area contributed by atoms with Crippen LogP contribution >= 0.6 is 15.9 Å². The summed E-state index contributed by atoms with van der Waals surface area (Å²) in [6.07, 6.45) is 4.15. The molecule has 5 heteroatoms. The van der Waals surface area contributed by atoms with Gasteiger partial charge >= 0.3 is 0 Å². The maximum absolute atomic E-state index is 12.4. The van der Waals surface area contributed by atoms with Gasteiger partial charge in [0.1, 0.15) is 11.2 Å². The topological polar surface area (TPSA) is 62.1 Å². The number of rotatable bonds is 3. The van der Waals surface area contributed by atoms with Crippen LogP contribution in [0.5, 0.6) is 5.75 Å². The summed E-state index contributed by atoms with van der Waals surface area (Å²) in [5.41, 5.74) is 1.32. The molecule has 1 aromatic rings. The number of nitriles is 1. The molecule has 1 heterocycles. The Morgan fingerprint density at radius 2 is 2.19 bits per heavy atom. The van der Waals surface area contributed by atoms with E-state index in [2.05, 4.69) is 33.4 Å². The summed E-state index contributed by atoms with van der Waals surface area (Å²) >= 11 is 3.49. The number of nitrogens with zero attached hydrogens (tertiary/aromatic N) is 1. The Morgan fingerprint density at radius 1 is 1.43 bits per heavy atom. The fraction of sp³-hybridized carbons (Fsp3) is 0.500. The van der Waals surface area contributed by atoms with E-state index in [1.165, 1.54) is 5.56 Å². The number of halogens is 1. The van der Waals surface area contributed by atoms with Gasteiger partial charge in [-0.05, 0) is 30.5 Å². The second-order valence-electron chi connectivity index (χ2n) is 5.74. The van der Waals surface area contributed by atoms with Crippen molar-refractivity contribution in [2.24, 2.45) is 5.41 Å². The van der Waals surface area contributed by atoms with Crippen LogP contribution in [0, 0.1) is 16.7 Å². The highest BCUT2D eigenvalue weighted by Crippen LogP contribution is 2.38. The van der Waals surface area contributed by atoms with Crippen molar-refractivity contribution in [2.75, 3.05) is 6.61 Å². The third-order valence-corrected chi connectivity index (χ3v) is 4.83. The number of ether oxygens (including phenoxy) is 1. The summed E-state index contributed by atoms with van der Waals surface area (Å²) < 4.78 is 6.65. The molecular formula is C16H17BrN2O2. The lowest BCUT2D eigenvalue weighted by Gasteiger charge is -2.19. The van der Waals surface area contributed by atoms with Crippen LogP contribution in [0.3, 0.4) is 0 Å². The number of nitrogens with one attached hydrogen (secondary N) is 1. The molecule has 1 aromatic carbocycles. The molecule has 1 aliphatic heterocycles. The lowest BCUT2D eigenvalue weighted by atomic mass is 9.87. The molecular weight excluding hydrogens is 332 g/mol. The van der Waals surface area contributed by atoms with E-state index in [0.29, 0.717) is 26.0 Å². The van der Waals surface area contributed by atoms with Gasteiger partial charge in [0.2, 0.25) is 5.91 Å². The summed E-state index contributed by atoms with van der Waals surface area (Å²) in [5.74, 6) is 0.741. The molecule has 1 amide bonds. The van der Waals surface area contributed by atoms with Crippen molar-refractivity contribution in [3.8, 4) is 11.8 Å². The normalized spacial score (nSPS) is 18.7. The zero-order chi connectivity index (χ0) is 14.9. The zero-order valence-corrected chi connectivity index (χ0v) is 13.3. The number of fused-ring (bicyclic) bond motifs is 1. The average molecular weight is 349 g/mol. The first-order valence-electron chi connectivity index (χ1n) is 7.28. The first kappa shape index (κ1) is 14.4. The Labute approximate surface area is 132 Å². The molecule has 110 valence electrons. The van der Waals surface area contributed by atoms with Gasteiger partial charge in [0.15, 0.2) is 0 Å². The number of hydrogen-bond donors (Lipinski definition) is 1. The number of carbonyl (C=O) groups excluding carboxylic acids is 1. The third-order valence-electron chi connectivity index (χ3n) is 4.37. The molecule has 21 heavy (non-hydrogen) atoms. The van der Waals surface area contributed by atoms with E-state index in [1.54, 1.807) is 0 Å². The number of carbonyl (C=O) groups is 1. The molecule has 1 fully saturated rings. The van der Waals surface area contributed by atoms with Gasteiger partial charge in [0.05, 0.1) is 12.7 Å². The highest BCUT2D eigenvalue weighted by Gasteiger charge is 2.41. The average Bonchev–Trinajstić information content (AvgIpc) is 3.13. The van der Waals surface area contributed by atoms with E-state index < -0.39 is 5.41 Å². The van der Waals surface area contributed by atoms with Crippen molar-refractivity contribution in [2.45, 2.75) is 38.6 Å². The predicted molar refractivity (Wildman–Crippen MR) is 81.7 cm³/mol. The van der Waals surface area contributed by atoms with Crippen LogP contribution in [-0.4, -0.2) is 12.5 Å². The number of benzene rings is 1. The Morgan fingerprint density at radius 3 is 2.90 bits per heavy atom. The lowest BCUT2D eigenvalue weighted by Crippen LogP contribution is -2.37. The Bertz CT molecular complexity index is 615. The fourth-order valence-electron chi connectivity index (χ4n) is 3.19. The van der Waals surface area contributed by atoms with Crippen LogP contribution in [0.4, 0.5) is 0 Å². The molecule has 0 saturated heterocycles. The molecule has 0 unspecified atom stereocenters. The summed E-state index contributed by atoms with van der Waals surface area (Å²) in [4.78, 5) is 12.4. The third kappa shape index (κ3) is 2.65. The molecule has 4 nitrogen and oxygen atoms in total. The molecule has 2 aliphatic rings. The largest absolute Gasteiger partial charge is 0.493 e. The van der Waals surface area contributed by atoms with Gasteiger partial charge in [-0.25, -0.2) is 0 Å². The van der Waals surface area contributed by atoms with E-state index in [-0.39, 0.29) is 5.91 Å².